The fourth-order valence-electron chi connectivity index (χ4n) is 4.35. The summed E-state index contributed by atoms with van der Waals surface area (Å²) in [5.41, 5.74) is 0.413. The molecule has 0 bridgehead atoms. The van der Waals surface area contributed by atoms with E-state index in [1.54, 1.807) is 13.2 Å². The summed E-state index contributed by atoms with van der Waals surface area (Å²) >= 11 is 0. The molecule has 0 radical (unpaired) electrons. The van der Waals surface area contributed by atoms with Crippen molar-refractivity contribution in [2.24, 2.45) is 7.05 Å². The molecule has 4 aromatic rings. The Bertz CT molecular complexity index is 1450. The molecule has 0 saturated heterocycles. The van der Waals surface area contributed by atoms with Crippen molar-refractivity contribution >= 4 is 5.95 Å². The van der Waals surface area contributed by atoms with E-state index in [4.69, 9.17) is 4.74 Å². The highest BCUT2D eigenvalue weighted by atomic mass is 19.4. The molecule has 1 heterocycles. The van der Waals surface area contributed by atoms with Crippen molar-refractivity contribution in [2.45, 2.75) is 45.2 Å². The maximum Gasteiger partial charge on any atom is 0.416 e. The Labute approximate surface area is 227 Å². The van der Waals surface area contributed by atoms with E-state index in [9.17, 15) is 26.3 Å². The fraction of sp³-hybridized carbons (Fsp3) is 0.321. The predicted octanol–water partition coefficient (Wildman–Crippen LogP) is 7.25. The van der Waals surface area contributed by atoms with Gasteiger partial charge in [0.1, 0.15) is 5.75 Å². The molecule has 212 valence electrons. The molecule has 4 rings (SSSR count). The second kappa shape index (κ2) is 11.2. The predicted molar refractivity (Wildman–Crippen MR) is 138 cm³/mol. The smallest absolute Gasteiger partial charge is 0.416 e. The van der Waals surface area contributed by atoms with Gasteiger partial charge in [-0.2, -0.15) is 31.1 Å². The van der Waals surface area contributed by atoms with Gasteiger partial charge in [0.05, 0.1) is 25.3 Å². The Morgan fingerprint density at radius 2 is 1.50 bits per heavy atom. The second-order valence-electron chi connectivity index (χ2n) is 9.62. The number of benzene rings is 3. The van der Waals surface area contributed by atoms with Gasteiger partial charge in [-0.05, 0) is 63.7 Å². The van der Waals surface area contributed by atoms with Crippen LogP contribution in [0.5, 0.6) is 5.75 Å². The minimum atomic E-state index is -4.96. The molecule has 12 heteroatoms. The summed E-state index contributed by atoms with van der Waals surface area (Å²) < 4.78 is 86.7. The number of anilines is 1. The zero-order chi connectivity index (χ0) is 29.2. The SMILES string of the molecule is COc1ccc(C(C)C)cc1-c1ccccc1CN(Cc1cc(C(F)(F)F)cc(C(F)(F)F)c1)c1nnn(C)n1. The molecule has 3 aromatic carbocycles. The lowest BCUT2D eigenvalue weighted by Crippen LogP contribution is -2.25. The lowest BCUT2D eigenvalue weighted by Gasteiger charge is -2.24. The minimum Gasteiger partial charge on any atom is -0.496 e. The summed E-state index contributed by atoms with van der Waals surface area (Å²) in [6.07, 6.45) is -9.92. The molecule has 0 atom stereocenters. The van der Waals surface area contributed by atoms with Crippen LogP contribution >= 0.6 is 0 Å². The van der Waals surface area contributed by atoms with Gasteiger partial charge in [-0.3, -0.25) is 0 Å². The lowest BCUT2D eigenvalue weighted by atomic mass is 9.93. The summed E-state index contributed by atoms with van der Waals surface area (Å²) in [6, 6.07) is 14.7. The van der Waals surface area contributed by atoms with Crippen LogP contribution in [0.4, 0.5) is 32.3 Å². The summed E-state index contributed by atoms with van der Waals surface area (Å²) in [7, 11) is 3.06. The zero-order valence-corrected chi connectivity index (χ0v) is 22.2. The number of alkyl halides is 6. The number of ether oxygens (including phenoxy) is 1. The van der Waals surface area contributed by atoms with Crippen LogP contribution in [0.15, 0.2) is 60.7 Å². The van der Waals surface area contributed by atoms with Crippen LogP contribution < -0.4 is 9.64 Å². The van der Waals surface area contributed by atoms with Crippen LogP contribution in [0, 0.1) is 0 Å². The van der Waals surface area contributed by atoms with E-state index >= 15 is 0 Å². The Balaban J connectivity index is 1.80. The molecule has 0 aliphatic heterocycles. The third kappa shape index (κ3) is 6.54. The normalized spacial score (nSPS) is 12.2. The number of methoxy groups -OCH3 is 1. The Morgan fingerprint density at radius 1 is 0.850 bits per heavy atom. The molecule has 0 unspecified atom stereocenters. The van der Waals surface area contributed by atoms with Gasteiger partial charge in [0.25, 0.3) is 5.95 Å². The van der Waals surface area contributed by atoms with E-state index in [1.165, 1.54) is 11.9 Å². The summed E-state index contributed by atoms with van der Waals surface area (Å²) in [6.45, 7) is 3.84. The molecule has 0 N–H and O–H groups in total. The summed E-state index contributed by atoms with van der Waals surface area (Å²) in [5, 5.41) is 12.0. The average Bonchev–Trinajstić information content (AvgIpc) is 3.33. The van der Waals surface area contributed by atoms with E-state index in [0.29, 0.717) is 17.9 Å². The topological polar surface area (TPSA) is 56.1 Å². The van der Waals surface area contributed by atoms with E-state index in [0.717, 1.165) is 27.1 Å². The molecular weight excluding hydrogens is 536 g/mol. The van der Waals surface area contributed by atoms with Crippen LogP contribution in [-0.2, 0) is 32.5 Å². The number of hydrogen-bond acceptors (Lipinski definition) is 5. The van der Waals surface area contributed by atoms with Gasteiger partial charge in [0.15, 0.2) is 0 Å². The van der Waals surface area contributed by atoms with Crippen molar-refractivity contribution in [2.75, 3.05) is 12.0 Å². The lowest BCUT2D eigenvalue weighted by molar-refractivity contribution is -0.143. The van der Waals surface area contributed by atoms with Gasteiger partial charge < -0.3 is 9.64 Å². The maximum absolute atomic E-state index is 13.5. The highest BCUT2D eigenvalue weighted by Crippen LogP contribution is 2.38. The molecule has 0 spiro atoms. The Morgan fingerprint density at radius 3 is 2.05 bits per heavy atom. The van der Waals surface area contributed by atoms with Crippen molar-refractivity contribution in [1.29, 1.82) is 0 Å². The van der Waals surface area contributed by atoms with E-state index < -0.39 is 23.5 Å². The van der Waals surface area contributed by atoms with Gasteiger partial charge >= 0.3 is 12.4 Å². The van der Waals surface area contributed by atoms with E-state index in [1.807, 2.05) is 36.4 Å². The first-order chi connectivity index (χ1) is 18.8. The second-order valence-corrected chi connectivity index (χ2v) is 9.62. The van der Waals surface area contributed by atoms with Gasteiger partial charge in [-0.25, -0.2) is 0 Å². The first-order valence-corrected chi connectivity index (χ1v) is 12.3. The number of tetrazole rings is 1. The van der Waals surface area contributed by atoms with Crippen molar-refractivity contribution in [1.82, 2.24) is 20.2 Å². The molecule has 0 fully saturated rings. The molecule has 40 heavy (non-hydrogen) atoms. The van der Waals surface area contributed by atoms with Gasteiger partial charge in [-0.15, -0.1) is 5.10 Å². The van der Waals surface area contributed by atoms with Gasteiger partial charge in [-0.1, -0.05) is 49.3 Å². The van der Waals surface area contributed by atoms with Crippen LogP contribution in [0.3, 0.4) is 0 Å². The van der Waals surface area contributed by atoms with Crippen LogP contribution in [0.2, 0.25) is 0 Å². The molecule has 0 aliphatic carbocycles. The van der Waals surface area contributed by atoms with Crippen LogP contribution in [-0.4, -0.2) is 27.3 Å². The minimum absolute atomic E-state index is 0.0474. The number of aromatic nitrogens is 4. The number of halogens is 6. The molecule has 6 nitrogen and oxygen atoms in total. The molecule has 0 aliphatic rings. The summed E-state index contributed by atoms with van der Waals surface area (Å²) in [4.78, 5) is 2.65. The summed E-state index contributed by atoms with van der Waals surface area (Å²) in [5.74, 6) is 0.903. The molecule has 0 amide bonds. The van der Waals surface area contributed by atoms with Crippen molar-refractivity contribution < 1.29 is 31.1 Å². The van der Waals surface area contributed by atoms with E-state index in [-0.39, 0.29) is 36.6 Å². The van der Waals surface area contributed by atoms with Gasteiger partial charge in [0, 0.05) is 18.7 Å². The van der Waals surface area contributed by atoms with Crippen molar-refractivity contribution in [3.63, 3.8) is 0 Å². The first kappa shape index (κ1) is 28.9. The molecule has 1 aromatic heterocycles. The van der Waals surface area contributed by atoms with Crippen molar-refractivity contribution in [3.05, 3.63) is 88.5 Å². The van der Waals surface area contributed by atoms with E-state index in [2.05, 4.69) is 29.3 Å². The zero-order valence-electron chi connectivity index (χ0n) is 22.2. The largest absolute Gasteiger partial charge is 0.496 e. The average molecular weight is 564 g/mol. The molecular formula is C28H27F6N5O. The highest BCUT2D eigenvalue weighted by Gasteiger charge is 2.37. The van der Waals surface area contributed by atoms with Gasteiger partial charge in [0.2, 0.25) is 0 Å². The third-order valence-electron chi connectivity index (χ3n) is 6.36. The first-order valence-electron chi connectivity index (χ1n) is 12.3. The standard InChI is InChI=1S/C28H27F6N5O/c1-17(2)19-9-10-25(40-4)24(13-19)23-8-6-5-7-20(23)16-39(26-35-37-38(3)36-26)15-18-11-21(27(29,30)31)14-22(12-18)28(32,33)34/h5-14,17H,15-16H2,1-4H3. The van der Waals surface area contributed by atoms with Crippen LogP contribution in [0.25, 0.3) is 11.1 Å². The quantitative estimate of drug-likeness (QED) is 0.211. The third-order valence-corrected chi connectivity index (χ3v) is 6.36. The van der Waals surface area contributed by atoms with Crippen LogP contribution in [0.1, 0.15) is 47.6 Å². The number of aryl methyl sites for hydroxylation is 1. The molecule has 0 saturated carbocycles. The highest BCUT2D eigenvalue weighted by molar-refractivity contribution is 5.74. The fourth-order valence-corrected chi connectivity index (χ4v) is 4.35. The monoisotopic (exact) mass is 563 g/mol. The Hall–Kier alpha value is -4.09. The maximum atomic E-state index is 13.5. The number of hydrogen-bond donors (Lipinski definition) is 0. The number of rotatable bonds is 8. The Kier molecular flexibility index (Phi) is 8.08. The van der Waals surface area contributed by atoms with Crippen molar-refractivity contribution in [3.8, 4) is 16.9 Å². The number of nitrogens with zero attached hydrogens (tertiary/aromatic N) is 5.